The number of nitrogens with two attached hydrogens (primary N) is 1. The Morgan fingerprint density at radius 3 is 2.65 bits per heavy atom. The Morgan fingerprint density at radius 1 is 1.35 bits per heavy atom. The van der Waals surface area contributed by atoms with Crippen molar-refractivity contribution in [2.24, 2.45) is 11.7 Å². The van der Waals surface area contributed by atoms with Gasteiger partial charge in [-0.2, -0.15) is 0 Å². The third-order valence-electron chi connectivity index (χ3n) is 3.11. The summed E-state index contributed by atoms with van der Waals surface area (Å²) in [6.45, 7) is 1.42. The monoisotopic (exact) mass is 279 g/mol. The third kappa shape index (κ3) is 3.32. The minimum atomic E-state index is -0.386. The van der Waals surface area contributed by atoms with Crippen LogP contribution in [0.5, 0.6) is 0 Å². The Morgan fingerprint density at radius 2 is 2.00 bits per heavy atom. The van der Waals surface area contributed by atoms with E-state index in [0.717, 1.165) is 12.8 Å². The lowest BCUT2D eigenvalue weighted by Crippen LogP contribution is -2.28. The van der Waals surface area contributed by atoms with E-state index in [9.17, 15) is 4.39 Å². The number of rotatable bonds is 2. The van der Waals surface area contributed by atoms with E-state index in [1.165, 1.54) is 6.07 Å². The van der Waals surface area contributed by atoms with E-state index in [4.69, 9.17) is 22.1 Å². The minimum Gasteiger partial charge on any atom is -0.381 e. The van der Waals surface area contributed by atoms with E-state index in [1.54, 1.807) is 12.1 Å². The summed E-state index contributed by atoms with van der Waals surface area (Å²) in [5.74, 6) is -0.107. The molecule has 1 aliphatic rings. The SMILES string of the molecule is Cl.N[C@H](c1cccc(Cl)c1F)C1CCOCC1. The molecule has 0 aromatic heterocycles. The van der Waals surface area contributed by atoms with Gasteiger partial charge in [0.15, 0.2) is 0 Å². The summed E-state index contributed by atoms with van der Waals surface area (Å²) in [4.78, 5) is 0. The Bertz CT molecular complexity index is 370. The lowest BCUT2D eigenvalue weighted by molar-refractivity contribution is 0.0580. The first kappa shape index (κ1) is 14.7. The molecule has 2 nitrogen and oxygen atoms in total. The summed E-state index contributed by atoms with van der Waals surface area (Å²) in [6.07, 6.45) is 1.76. The highest BCUT2D eigenvalue weighted by molar-refractivity contribution is 6.30. The lowest BCUT2D eigenvalue weighted by atomic mass is 9.87. The van der Waals surface area contributed by atoms with Crippen LogP contribution in [-0.4, -0.2) is 13.2 Å². The molecule has 1 aromatic carbocycles. The molecule has 0 aliphatic carbocycles. The summed E-state index contributed by atoms with van der Waals surface area (Å²) >= 11 is 5.74. The van der Waals surface area contributed by atoms with Crippen LogP contribution in [0, 0.1) is 11.7 Å². The van der Waals surface area contributed by atoms with Crippen molar-refractivity contribution in [2.45, 2.75) is 18.9 Å². The van der Waals surface area contributed by atoms with Gasteiger partial charge in [0.05, 0.1) is 5.02 Å². The highest BCUT2D eigenvalue weighted by Gasteiger charge is 2.24. The van der Waals surface area contributed by atoms with E-state index >= 15 is 0 Å². The van der Waals surface area contributed by atoms with E-state index < -0.39 is 0 Å². The van der Waals surface area contributed by atoms with Crippen LogP contribution in [0.15, 0.2) is 18.2 Å². The first-order valence-electron chi connectivity index (χ1n) is 5.47. The van der Waals surface area contributed by atoms with Gasteiger partial charge in [-0.1, -0.05) is 23.7 Å². The molecule has 0 saturated carbocycles. The minimum absolute atomic E-state index is 0. The fraction of sp³-hybridized carbons (Fsp3) is 0.500. The summed E-state index contributed by atoms with van der Waals surface area (Å²) in [6, 6.07) is 4.70. The van der Waals surface area contributed by atoms with Gasteiger partial charge in [-0.3, -0.25) is 0 Å². The molecule has 0 radical (unpaired) electrons. The van der Waals surface area contributed by atoms with Crippen molar-refractivity contribution < 1.29 is 9.13 Å². The second-order valence-corrected chi connectivity index (χ2v) is 4.53. The van der Waals surface area contributed by atoms with E-state index in [2.05, 4.69) is 0 Å². The molecule has 0 spiro atoms. The quantitative estimate of drug-likeness (QED) is 0.901. The van der Waals surface area contributed by atoms with E-state index in [1.807, 2.05) is 0 Å². The maximum atomic E-state index is 13.8. The average Bonchev–Trinajstić information content (AvgIpc) is 2.33. The number of ether oxygens (including phenoxy) is 1. The number of halogens is 3. The predicted molar refractivity (Wildman–Crippen MR) is 69.1 cm³/mol. The van der Waals surface area contributed by atoms with Gasteiger partial charge < -0.3 is 10.5 Å². The van der Waals surface area contributed by atoms with Crippen molar-refractivity contribution >= 4 is 24.0 Å². The summed E-state index contributed by atoms with van der Waals surface area (Å²) < 4.78 is 19.0. The highest BCUT2D eigenvalue weighted by atomic mass is 35.5. The van der Waals surface area contributed by atoms with Crippen LogP contribution in [0.1, 0.15) is 24.4 Å². The molecule has 2 rings (SSSR count). The molecule has 0 unspecified atom stereocenters. The molecule has 96 valence electrons. The molecule has 1 atom stereocenters. The normalized spacial score (nSPS) is 18.5. The van der Waals surface area contributed by atoms with Gasteiger partial charge in [-0.15, -0.1) is 12.4 Å². The second kappa shape index (κ2) is 6.55. The summed E-state index contributed by atoms with van der Waals surface area (Å²) in [5.41, 5.74) is 6.60. The van der Waals surface area contributed by atoms with Crippen LogP contribution in [0.4, 0.5) is 4.39 Å². The standard InChI is InChI=1S/C12H15ClFNO.ClH/c13-10-3-1-2-9(11(10)14)12(15)8-4-6-16-7-5-8;/h1-3,8,12H,4-7,15H2;1H/t12-;/m0./s1. The molecule has 0 amide bonds. The zero-order valence-corrected chi connectivity index (χ0v) is 10.9. The van der Waals surface area contributed by atoms with Crippen LogP contribution in [-0.2, 0) is 4.74 Å². The maximum absolute atomic E-state index is 13.8. The van der Waals surface area contributed by atoms with Crippen LogP contribution >= 0.6 is 24.0 Å². The van der Waals surface area contributed by atoms with Gasteiger partial charge in [0.25, 0.3) is 0 Å². The van der Waals surface area contributed by atoms with Gasteiger partial charge in [-0.05, 0) is 24.8 Å². The smallest absolute Gasteiger partial charge is 0.146 e. The van der Waals surface area contributed by atoms with E-state index in [-0.39, 0.29) is 35.2 Å². The summed E-state index contributed by atoms with van der Waals surface area (Å²) in [7, 11) is 0. The fourth-order valence-corrected chi connectivity index (χ4v) is 2.29. The zero-order valence-electron chi connectivity index (χ0n) is 9.36. The molecule has 0 bridgehead atoms. The molecular formula is C12H16Cl2FNO. The summed E-state index contributed by atoms with van der Waals surface area (Å²) in [5, 5.41) is 0.139. The van der Waals surface area contributed by atoms with Crippen molar-refractivity contribution in [2.75, 3.05) is 13.2 Å². The highest BCUT2D eigenvalue weighted by Crippen LogP contribution is 2.31. The molecule has 5 heteroatoms. The molecule has 1 aliphatic heterocycles. The van der Waals surface area contributed by atoms with Crippen molar-refractivity contribution in [3.8, 4) is 0 Å². The molecule has 1 heterocycles. The van der Waals surface area contributed by atoms with Crippen LogP contribution in [0.3, 0.4) is 0 Å². The topological polar surface area (TPSA) is 35.2 Å². The predicted octanol–water partition coefficient (Wildman–Crippen LogP) is 3.33. The van der Waals surface area contributed by atoms with Crippen molar-refractivity contribution in [1.29, 1.82) is 0 Å². The van der Waals surface area contributed by atoms with Gasteiger partial charge in [0.1, 0.15) is 5.82 Å². The average molecular weight is 280 g/mol. The Balaban J connectivity index is 0.00000144. The maximum Gasteiger partial charge on any atom is 0.146 e. The van der Waals surface area contributed by atoms with Crippen LogP contribution in [0.25, 0.3) is 0 Å². The Hall–Kier alpha value is -0.350. The fourth-order valence-electron chi connectivity index (χ4n) is 2.11. The number of hydrogen-bond acceptors (Lipinski definition) is 2. The molecule has 1 saturated heterocycles. The Kier molecular flexibility index (Phi) is 5.67. The van der Waals surface area contributed by atoms with Gasteiger partial charge in [-0.25, -0.2) is 4.39 Å². The number of hydrogen-bond donors (Lipinski definition) is 1. The van der Waals surface area contributed by atoms with Crippen LogP contribution < -0.4 is 5.73 Å². The van der Waals surface area contributed by atoms with Gasteiger partial charge >= 0.3 is 0 Å². The number of benzene rings is 1. The molecular weight excluding hydrogens is 264 g/mol. The lowest BCUT2D eigenvalue weighted by Gasteiger charge is -2.28. The molecule has 1 aromatic rings. The first-order chi connectivity index (χ1) is 7.70. The van der Waals surface area contributed by atoms with Crippen molar-refractivity contribution in [1.82, 2.24) is 0 Å². The van der Waals surface area contributed by atoms with Crippen molar-refractivity contribution in [3.05, 3.63) is 34.6 Å². The van der Waals surface area contributed by atoms with Gasteiger partial charge in [0.2, 0.25) is 0 Å². The van der Waals surface area contributed by atoms with Crippen LogP contribution in [0.2, 0.25) is 5.02 Å². The zero-order chi connectivity index (χ0) is 11.5. The molecule has 1 fully saturated rings. The molecule has 2 N–H and O–H groups in total. The van der Waals surface area contributed by atoms with Gasteiger partial charge in [0, 0.05) is 24.8 Å². The van der Waals surface area contributed by atoms with E-state index in [0.29, 0.717) is 18.8 Å². The second-order valence-electron chi connectivity index (χ2n) is 4.12. The molecule has 17 heavy (non-hydrogen) atoms. The largest absolute Gasteiger partial charge is 0.381 e. The Labute approximate surface area is 112 Å². The third-order valence-corrected chi connectivity index (χ3v) is 3.41. The first-order valence-corrected chi connectivity index (χ1v) is 5.85. The van der Waals surface area contributed by atoms with Crippen molar-refractivity contribution in [3.63, 3.8) is 0 Å².